The zero-order chi connectivity index (χ0) is 13.4. The number of aryl methyl sites for hydroxylation is 1. The zero-order valence-electron chi connectivity index (χ0n) is 11.5. The van der Waals surface area contributed by atoms with Crippen LogP contribution < -0.4 is 19.8 Å². The van der Waals surface area contributed by atoms with Crippen molar-refractivity contribution < 1.29 is 4.57 Å². The Bertz CT molecular complexity index is 739. The van der Waals surface area contributed by atoms with Gasteiger partial charge in [0.15, 0.2) is 0 Å². The molecule has 1 aliphatic heterocycles. The lowest BCUT2D eigenvalue weighted by atomic mass is 9.60. The van der Waals surface area contributed by atoms with Crippen LogP contribution in [0.4, 0.5) is 5.82 Å². The monoisotopic (exact) mass is 250 g/mol. The van der Waals surface area contributed by atoms with E-state index in [0.717, 1.165) is 0 Å². The molecule has 0 amide bonds. The summed E-state index contributed by atoms with van der Waals surface area (Å²) in [5.41, 5.74) is 1.25. The van der Waals surface area contributed by atoms with Crippen LogP contribution in [0, 0.1) is 0 Å². The second-order valence-corrected chi connectivity index (χ2v) is 5.00. The number of hydrogen-bond donors (Lipinski definition) is 0. The van der Waals surface area contributed by atoms with Crippen LogP contribution in [0.2, 0.25) is 6.82 Å². The van der Waals surface area contributed by atoms with Gasteiger partial charge in [0.2, 0.25) is 0 Å². The first-order valence-corrected chi connectivity index (χ1v) is 6.55. The van der Waals surface area contributed by atoms with Crippen molar-refractivity contribution in [2.45, 2.75) is 13.7 Å². The maximum atomic E-state index is 4.25. The van der Waals surface area contributed by atoms with E-state index in [4.69, 9.17) is 0 Å². The lowest BCUT2D eigenvalue weighted by Crippen LogP contribution is -2.50. The molecule has 1 aliphatic rings. The normalized spacial score (nSPS) is 14.2. The second-order valence-electron chi connectivity index (χ2n) is 5.00. The van der Waals surface area contributed by atoms with Gasteiger partial charge >= 0.3 is 6.85 Å². The van der Waals surface area contributed by atoms with E-state index in [-0.39, 0.29) is 0 Å². The van der Waals surface area contributed by atoms with Gasteiger partial charge in [-0.2, -0.15) is 0 Å². The van der Waals surface area contributed by atoms with Gasteiger partial charge in [0, 0.05) is 23.7 Å². The molecule has 3 heterocycles. The summed E-state index contributed by atoms with van der Waals surface area (Å²) in [6, 6.07) is 8.35. The third kappa shape index (κ3) is 1.93. The van der Waals surface area contributed by atoms with Crippen LogP contribution in [0.15, 0.2) is 42.9 Å². The Morgan fingerprint density at radius 3 is 2.89 bits per heavy atom. The van der Waals surface area contributed by atoms with Crippen molar-refractivity contribution in [3.05, 3.63) is 53.3 Å². The van der Waals surface area contributed by atoms with Crippen molar-refractivity contribution in [1.82, 2.24) is 4.98 Å². The van der Waals surface area contributed by atoms with Crippen molar-refractivity contribution in [3.63, 3.8) is 0 Å². The summed E-state index contributed by atoms with van der Waals surface area (Å²) in [6.45, 7) is 4.72. The van der Waals surface area contributed by atoms with Gasteiger partial charge in [-0.15, -0.1) is 0 Å². The first kappa shape index (κ1) is 12.0. The largest absolute Gasteiger partial charge is 0.402 e. The highest BCUT2D eigenvalue weighted by Crippen LogP contribution is 2.17. The molecule has 0 aliphatic carbocycles. The first-order chi connectivity index (χ1) is 9.18. The van der Waals surface area contributed by atoms with Gasteiger partial charge in [-0.05, 0) is 31.1 Å². The summed E-state index contributed by atoms with van der Waals surface area (Å²) in [7, 11) is 2.08. The summed E-state index contributed by atoms with van der Waals surface area (Å²) in [6.07, 6.45) is 5.88. The minimum absolute atomic E-state index is 0.337. The van der Waals surface area contributed by atoms with Gasteiger partial charge in [-0.3, -0.25) is 9.79 Å². The molecular weight excluding hydrogens is 233 g/mol. The summed E-state index contributed by atoms with van der Waals surface area (Å²) in [5, 5.41) is 2.49. The Balaban J connectivity index is 2.25. The van der Waals surface area contributed by atoms with Crippen LogP contribution in [-0.2, 0) is 7.05 Å². The molecule has 0 saturated heterocycles. The molecule has 2 aromatic heterocycles. The van der Waals surface area contributed by atoms with E-state index < -0.39 is 0 Å². The quantitative estimate of drug-likeness (QED) is 0.542. The average Bonchev–Trinajstić information content (AvgIpc) is 2.41. The van der Waals surface area contributed by atoms with Gasteiger partial charge < -0.3 is 0 Å². The average molecular weight is 250 g/mol. The Morgan fingerprint density at radius 1 is 1.26 bits per heavy atom. The summed E-state index contributed by atoms with van der Waals surface area (Å²) in [4.78, 5) is 6.60. The SMILES string of the molecule is CB1C=c2ccncc2=C(C)N1c1cccc[n+]1C. The van der Waals surface area contributed by atoms with Crippen molar-refractivity contribution >= 4 is 24.3 Å². The molecule has 4 heteroatoms. The first-order valence-electron chi connectivity index (χ1n) is 6.55. The molecular formula is C15H17BN3+. The predicted molar refractivity (Wildman–Crippen MR) is 78.7 cm³/mol. The van der Waals surface area contributed by atoms with Crippen LogP contribution in [0.5, 0.6) is 0 Å². The number of pyridine rings is 2. The molecule has 0 radical (unpaired) electrons. The van der Waals surface area contributed by atoms with E-state index in [0.29, 0.717) is 6.85 Å². The smallest absolute Gasteiger partial charge is 0.290 e. The van der Waals surface area contributed by atoms with Gasteiger partial charge in [-0.25, -0.2) is 4.57 Å². The standard InChI is InChI=1S/C15H17BN3/c1-12-14-11-17-8-7-13(14)10-16(2)19(12)15-6-4-5-9-18(15)3/h4-11H,1-3H3/q+1. The van der Waals surface area contributed by atoms with E-state index in [2.05, 4.69) is 65.5 Å². The molecule has 0 N–H and O–H groups in total. The molecule has 0 spiro atoms. The Labute approximate surface area is 113 Å². The molecule has 0 bridgehead atoms. The second kappa shape index (κ2) is 4.54. The lowest BCUT2D eigenvalue weighted by Gasteiger charge is -2.24. The van der Waals surface area contributed by atoms with E-state index in [1.807, 2.05) is 18.5 Å². The van der Waals surface area contributed by atoms with Gasteiger partial charge in [0.1, 0.15) is 0 Å². The van der Waals surface area contributed by atoms with Crippen LogP contribution in [0.25, 0.3) is 11.7 Å². The van der Waals surface area contributed by atoms with Crippen molar-refractivity contribution in [3.8, 4) is 0 Å². The molecule has 3 rings (SSSR count). The molecule has 3 nitrogen and oxygen atoms in total. The number of aromatic nitrogens is 2. The van der Waals surface area contributed by atoms with Crippen LogP contribution in [0.1, 0.15) is 6.92 Å². The molecule has 19 heavy (non-hydrogen) atoms. The van der Waals surface area contributed by atoms with E-state index in [1.165, 1.54) is 22.0 Å². The number of rotatable bonds is 1. The zero-order valence-corrected chi connectivity index (χ0v) is 11.5. The molecule has 2 aromatic rings. The Hall–Kier alpha value is -2.10. The number of fused-ring (bicyclic) bond motifs is 1. The highest BCUT2D eigenvalue weighted by atomic mass is 15.2. The number of anilines is 1. The third-order valence-corrected chi connectivity index (χ3v) is 3.71. The highest BCUT2D eigenvalue weighted by molar-refractivity contribution is 6.77. The van der Waals surface area contributed by atoms with Gasteiger partial charge in [0.05, 0.1) is 18.9 Å². The maximum Gasteiger partial charge on any atom is 0.402 e. The van der Waals surface area contributed by atoms with Crippen molar-refractivity contribution in [2.24, 2.45) is 7.05 Å². The fraction of sp³-hybridized carbons (Fsp3) is 0.200. The minimum atomic E-state index is 0.337. The van der Waals surface area contributed by atoms with Crippen LogP contribution in [0.3, 0.4) is 0 Å². The topological polar surface area (TPSA) is 20.0 Å². The molecule has 0 unspecified atom stereocenters. The van der Waals surface area contributed by atoms with E-state index in [9.17, 15) is 0 Å². The summed E-state index contributed by atoms with van der Waals surface area (Å²) in [5.74, 6) is 3.48. The number of nitrogens with zero attached hydrogens (tertiary/aromatic N) is 3. The Kier molecular flexibility index (Phi) is 2.86. The molecule has 94 valence electrons. The predicted octanol–water partition coefficient (Wildman–Crippen LogP) is 0.495. The molecule has 0 fully saturated rings. The Morgan fingerprint density at radius 2 is 2.11 bits per heavy atom. The van der Waals surface area contributed by atoms with E-state index >= 15 is 0 Å². The summed E-state index contributed by atoms with van der Waals surface area (Å²) < 4.78 is 2.15. The molecule has 0 saturated carbocycles. The van der Waals surface area contributed by atoms with Gasteiger partial charge in [-0.1, -0.05) is 12.0 Å². The third-order valence-electron chi connectivity index (χ3n) is 3.71. The van der Waals surface area contributed by atoms with Crippen LogP contribution in [-0.4, -0.2) is 11.8 Å². The molecule has 0 aromatic carbocycles. The fourth-order valence-electron chi connectivity index (χ4n) is 2.77. The minimum Gasteiger partial charge on any atom is -0.290 e. The number of hydrogen-bond acceptors (Lipinski definition) is 2. The summed E-state index contributed by atoms with van der Waals surface area (Å²) >= 11 is 0. The lowest BCUT2D eigenvalue weighted by molar-refractivity contribution is -0.658. The fourth-order valence-corrected chi connectivity index (χ4v) is 2.77. The van der Waals surface area contributed by atoms with Gasteiger partial charge in [0.25, 0.3) is 5.82 Å². The van der Waals surface area contributed by atoms with Crippen LogP contribution >= 0.6 is 0 Å². The maximum absolute atomic E-state index is 4.25. The van der Waals surface area contributed by atoms with E-state index in [1.54, 1.807) is 0 Å². The van der Waals surface area contributed by atoms with Crippen molar-refractivity contribution in [2.75, 3.05) is 4.81 Å². The van der Waals surface area contributed by atoms with Crippen molar-refractivity contribution in [1.29, 1.82) is 0 Å². The highest BCUT2D eigenvalue weighted by Gasteiger charge is 2.31. The molecule has 0 atom stereocenters.